The second-order valence-corrected chi connectivity index (χ2v) is 9.35. The lowest BCUT2D eigenvalue weighted by Crippen LogP contribution is -2.34. The highest BCUT2D eigenvalue weighted by atomic mass is 16.6. The molecule has 1 aromatic heterocycles. The van der Waals surface area contributed by atoms with Gasteiger partial charge in [0.25, 0.3) is 5.91 Å². The first-order valence-corrected chi connectivity index (χ1v) is 14.1. The zero-order valence-corrected chi connectivity index (χ0v) is 23.9. The minimum Gasteiger partial charge on any atom is -0.465 e. The summed E-state index contributed by atoms with van der Waals surface area (Å²) in [6, 6.07) is 11.8. The minimum atomic E-state index is -1.20. The molecule has 0 aliphatic carbocycles. The SMILES string of the molecule is CCCCCCc1cc(-c2ccccc2)c(C(C)C(C(=O)OCC)C(=O)OCC)nc1C(=O)N(CC)CC. The van der Waals surface area contributed by atoms with Crippen LogP contribution < -0.4 is 0 Å². The maximum absolute atomic E-state index is 13.7. The molecule has 0 radical (unpaired) electrons. The van der Waals surface area contributed by atoms with E-state index in [4.69, 9.17) is 14.5 Å². The van der Waals surface area contributed by atoms with Crippen molar-refractivity contribution in [3.05, 3.63) is 53.3 Å². The lowest BCUT2D eigenvalue weighted by molar-refractivity contribution is -0.162. The Kier molecular flexibility index (Phi) is 13.0. The van der Waals surface area contributed by atoms with E-state index in [1.165, 1.54) is 0 Å². The monoisotopic (exact) mass is 524 g/mol. The van der Waals surface area contributed by atoms with E-state index in [-0.39, 0.29) is 19.1 Å². The first kappa shape index (κ1) is 31.0. The molecular formula is C31H44N2O5. The number of benzene rings is 1. The molecule has 208 valence electrons. The third-order valence-electron chi connectivity index (χ3n) is 6.78. The summed E-state index contributed by atoms with van der Waals surface area (Å²) in [6.45, 7) is 12.6. The number of ether oxygens (including phenoxy) is 2. The van der Waals surface area contributed by atoms with Crippen LogP contribution in [-0.2, 0) is 25.5 Å². The van der Waals surface area contributed by atoms with Crippen LogP contribution in [0.1, 0.15) is 94.9 Å². The summed E-state index contributed by atoms with van der Waals surface area (Å²) in [5.74, 6) is -3.33. The molecular weight excluding hydrogens is 480 g/mol. The van der Waals surface area contributed by atoms with E-state index >= 15 is 0 Å². The Hall–Kier alpha value is -3.22. The highest BCUT2D eigenvalue weighted by Gasteiger charge is 2.38. The Morgan fingerprint density at radius 2 is 1.47 bits per heavy atom. The summed E-state index contributed by atoms with van der Waals surface area (Å²) in [4.78, 5) is 46.3. The molecule has 2 aromatic rings. The smallest absolute Gasteiger partial charge is 0.321 e. The molecule has 0 saturated heterocycles. The fourth-order valence-electron chi connectivity index (χ4n) is 4.67. The summed E-state index contributed by atoms with van der Waals surface area (Å²) in [6.07, 6.45) is 5.00. The van der Waals surface area contributed by atoms with Crippen molar-refractivity contribution in [2.75, 3.05) is 26.3 Å². The number of amides is 1. The largest absolute Gasteiger partial charge is 0.465 e. The molecule has 1 amide bonds. The topological polar surface area (TPSA) is 85.8 Å². The van der Waals surface area contributed by atoms with Crippen molar-refractivity contribution in [3.63, 3.8) is 0 Å². The molecule has 7 nitrogen and oxygen atoms in total. The molecule has 0 saturated carbocycles. The van der Waals surface area contributed by atoms with E-state index in [0.717, 1.165) is 48.8 Å². The summed E-state index contributed by atoms with van der Waals surface area (Å²) in [5, 5.41) is 0. The summed E-state index contributed by atoms with van der Waals surface area (Å²) in [5.41, 5.74) is 3.49. The molecule has 38 heavy (non-hydrogen) atoms. The molecule has 1 unspecified atom stereocenters. The number of unbranched alkanes of at least 4 members (excludes halogenated alkanes) is 3. The predicted octanol–water partition coefficient (Wildman–Crippen LogP) is 6.20. The zero-order chi connectivity index (χ0) is 28.1. The van der Waals surface area contributed by atoms with Gasteiger partial charge in [-0.3, -0.25) is 14.4 Å². The maximum atomic E-state index is 13.7. The van der Waals surface area contributed by atoms with Gasteiger partial charge < -0.3 is 14.4 Å². The van der Waals surface area contributed by atoms with Crippen LogP contribution in [0.25, 0.3) is 11.1 Å². The number of rotatable bonds is 15. The second-order valence-electron chi connectivity index (χ2n) is 9.35. The van der Waals surface area contributed by atoms with Crippen molar-refractivity contribution in [2.45, 2.75) is 79.6 Å². The number of carbonyl (C=O) groups is 3. The number of aromatic nitrogens is 1. The van der Waals surface area contributed by atoms with Crippen molar-refractivity contribution < 1.29 is 23.9 Å². The Labute approximate surface area is 227 Å². The van der Waals surface area contributed by atoms with Gasteiger partial charge in [-0.1, -0.05) is 63.4 Å². The summed E-state index contributed by atoms with van der Waals surface area (Å²) in [7, 11) is 0. The molecule has 1 atom stereocenters. The van der Waals surface area contributed by atoms with Gasteiger partial charge in [-0.15, -0.1) is 0 Å². The molecule has 0 N–H and O–H groups in total. The Morgan fingerprint density at radius 3 is 2.00 bits per heavy atom. The van der Waals surface area contributed by atoms with E-state index in [1.807, 2.05) is 50.2 Å². The number of pyridine rings is 1. The molecule has 2 rings (SSSR count). The van der Waals surface area contributed by atoms with Gasteiger partial charge >= 0.3 is 11.9 Å². The first-order valence-electron chi connectivity index (χ1n) is 14.1. The van der Waals surface area contributed by atoms with E-state index in [9.17, 15) is 14.4 Å². The van der Waals surface area contributed by atoms with Gasteiger partial charge in [0.05, 0.1) is 18.9 Å². The number of carbonyl (C=O) groups excluding carboxylic acids is 3. The lowest BCUT2D eigenvalue weighted by Gasteiger charge is -2.26. The average Bonchev–Trinajstić information content (AvgIpc) is 2.92. The normalized spacial score (nSPS) is 11.8. The van der Waals surface area contributed by atoms with Crippen molar-refractivity contribution in [1.29, 1.82) is 0 Å². The van der Waals surface area contributed by atoms with E-state index in [2.05, 4.69) is 6.92 Å². The maximum Gasteiger partial charge on any atom is 0.321 e. The molecule has 0 fully saturated rings. The van der Waals surface area contributed by atoms with Gasteiger partial charge in [-0.25, -0.2) is 4.98 Å². The van der Waals surface area contributed by atoms with Crippen molar-refractivity contribution >= 4 is 17.8 Å². The highest BCUT2D eigenvalue weighted by Crippen LogP contribution is 2.35. The highest BCUT2D eigenvalue weighted by molar-refractivity contribution is 5.97. The second kappa shape index (κ2) is 15.9. The van der Waals surface area contributed by atoms with Crippen LogP contribution in [0.3, 0.4) is 0 Å². The number of nitrogens with zero attached hydrogens (tertiary/aromatic N) is 2. The Bertz CT molecular complexity index is 1030. The van der Waals surface area contributed by atoms with Crippen molar-refractivity contribution in [1.82, 2.24) is 9.88 Å². The van der Waals surface area contributed by atoms with Gasteiger partial charge in [0.15, 0.2) is 5.92 Å². The fourth-order valence-corrected chi connectivity index (χ4v) is 4.67. The van der Waals surface area contributed by atoms with E-state index in [0.29, 0.717) is 24.5 Å². The number of hydrogen-bond donors (Lipinski definition) is 0. The number of aryl methyl sites for hydroxylation is 1. The van der Waals surface area contributed by atoms with Crippen LogP contribution in [0.4, 0.5) is 0 Å². The van der Waals surface area contributed by atoms with Gasteiger partial charge in [-0.2, -0.15) is 0 Å². The molecule has 0 aliphatic rings. The quantitative estimate of drug-likeness (QED) is 0.157. The third-order valence-corrected chi connectivity index (χ3v) is 6.78. The van der Waals surface area contributed by atoms with E-state index in [1.54, 1.807) is 25.7 Å². The fraction of sp³-hybridized carbons (Fsp3) is 0.548. The Morgan fingerprint density at radius 1 is 0.868 bits per heavy atom. The van der Waals surface area contributed by atoms with Crippen LogP contribution in [0, 0.1) is 5.92 Å². The third kappa shape index (κ3) is 7.89. The molecule has 7 heteroatoms. The average molecular weight is 525 g/mol. The molecule has 0 spiro atoms. The first-order chi connectivity index (χ1) is 18.3. The minimum absolute atomic E-state index is 0.141. The zero-order valence-electron chi connectivity index (χ0n) is 23.9. The van der Waals surface area contributed by atoms with Gasteiger partial charge in [0, 0.05) is 24.6 Å². The van der Waals surface area contributed by atoms with Crippen LogP contribution in [0.5, 0.6) is 0 Å². The molecule has 1 aromatic carbocycles. The lowest BCUT2D eigenvalue weighted by atomic mass is 9.85. The van der Waals surface area contributed by atoms with E-state index < -0.39 is 23.8 Å². The number of hydrogen-bond acceptors (Lipinski definition) is 6. The molecule has 0 aliphatic heterocycles. The van der Waals surface area contributed by atoms with Gasteiger partial charge in [-0.05, 0) is 57.7 Å². The molecule has 0 bridgehead atoms. The van der Waals surface area contributed by atoms with Crippen LogP contribution in [-0.4, -0.2) is 54.0 Å². The van der Waals surface area contributed by atoms with Gasteiger partial charge in [0.2, 0.25) is 0 Å². The standard InChI is InChI=1S/C31H44N2O5/c1-7-12-13-15-20-24-21-25(23-18-16-14-17-19-23)27(32-28(24)29(34)33(8-2)9-3)22(6)26(30(35)37-10-4)31(36)38-11-5/h14,16-19,21-22,26H,7-13,15,20H2,1-6H3. The van der Waals surface area contributed by atoms with Crippen molar-refractivity contribution in [2.24, 2.45) is 5.92 Å². The van der Waals surface area contributed by atoms with Gasteiger partial charge in [0.1, 0.15) is 5.69 Å². The molecule has 1 heterocycles. The summed E-state index contributed by atoms with van der Waals surface area (Å²) < 4.78 is 10.5. The Balaban J connectivity index is 2.77. The van der Waals surface area contributed by atoms with Crippen LogP contribution in [0.15, 0.2) is 36.4 Å². The van der Waals surface area contributed by atoms with Crippen LogP contribution >= 0.6 is 0 Å². The summed E-state index contributed by atoms with van der Waals surface area (Å²) >= 11 is 0. The predicted molar refractivity (Wildman–Crippen MR) is 150 cm³/mol. The van der Waals surface area contributed by atoms with Crippen molar-refractivity contribution in [3.8, 4) is 11.1 Å². The number of esters is 2. The van der Waals surface area contributed by atoms with Crippen LogP contribution in [0.2, 0.25) is 0 Å².